The van der Waals surface area contributed by atoms with Crippen LogP contribution in [0.5, 0.6) is 0 Å². The molecule has 17 N–H and O–H groups in total. The van der Waals surface area contributed by atoms with Crippen LogP contribution >= 0.6 is 0 Å². The van der Waals surface area contributed by atoms with E-state index in [0.29, 0.717) is 40.6 Å². The number of para-hydroxylation sites is 1. The number of hydrogen-bond donors (Lipinski definition) is 14. The van der Waals surface area contributed by atoms with Crippen LogP contribution in [0.3, 0.4) is 0 Å². The number of carbonyl (C=O) groups is 10. The zero-order valence-corrected chi connectivity index (χ0v) is 46.4. The Balaban J connectivity index is 1.61. The maximum absolute atomic E-state index is 15.0. The number of nitrogens with two attached hydrogens (primary N) is 3. The van der Waals surface area contributed by atoms with Crippen LogP contribution in [0, 0.1) is 11.8 Å². The molecule has 3 heterocycles. The minimum atomic E-state index is -1.59. The highest BCUT2D eigenvalue weighted by atomic mass is 16.2. The van der Waals surface area contributed by atoms with Gasteiger partial charge in [0.15, 0.2) is 5.96 Å². The van der Waals surface area contributed by atoms with Gasteiger partial charge < -0.3 is 75.0 Å². The van der Waals surface area contributed by atoms with Gasteiger partial charge in [0, 0.05) is 61.2 Å². The number of H-pyrrole nitrogens is 2. The summed E-state index contributed by atoms with van der Waals surface area (Å²) in [5.74, 6) is -9.31. The Bertz CT molecular complexity index is 2830. The van der Waals surface area contributed by atoms with Crippen LogP contribution < -0.4 is 65.1 Å². The summed E-state index contributed by atoms with van der Waals surface area (Å²) in [7, 11) is 0. The Labute approximate surface area is 469 Å². The van der Waals surface area contributed by atoms with Gasteiger partial charge in [-0.2, -0.15) is 0 Å². The smallest absolute Gasteiger partial charge is 0.243 e. The summed E-state index contributed by atoms with van der Waals surface area (Å²) in [5, 5.41) is 25.1. The van der Waals surface area contributed by atoms with Gasteiger partial charge in [-0.05, 0) is 54.7 Å². The average Bonchev–Trinajstić information content (AvgIpc) is 4.15. The number of guanidine groups is 1. The monoisotopic (exact) mass is 1120 g/mol. The Morgan fingerprint density at radius 2 is 1.22 bits per heavy atom. The number of rotatable bonds is 22. The molecule has 1 saturated heterocycles. The number of imidazole rings is 1. The van der Waals surface area contributed by atoms with Gasteiger partial charge in [-0.1, -0.05) is 96.0 Å². The van der Waals surface area contributed by atoms with Crippen molar-refractivity contribution in [2.45, 2.75) is 147 Å². The summed E-state index contributed by atoms with van der Waals surface area (Å²) in [6, 6.07) is 5.13. The van der Waals surface area contributed by atoms with Crippen molar-refractivity contribution in [3.8, 4) is 0 Å². The molecule has 438 valence electrons. The van der Waals surface area contributed by atoms with Crippen molar-refractivity contribution in [1.29, 1.82) is 0 Å². The number of unbranched alkanes of at least 4 members (excludes halogenated alkanes) is 1. The number of amides is 10. The second-order valence-electron chi connectivity index (χ2n) is 20.7. The second kappa shape index (κ2) is 31.1. The number of nitrogens with one attached hydrogen (secondary N) is 11. The molecule has 0 spiro atoms. The van der Waals surface area contributed by atoms with E-state index >= 15 is 0 Å². The maximum atomic E-state index is 15.0. The fraction of sp³-hybridized carbons (Fsp3) is 0.491. The van der Waals surface area contributed by atoms with E-state index in [4.69, 9.17) is 17.2 Å². The molecule has 4 aromatic rings. The molecule has 0 aliphatic carbocycles. The molecular formula is C55H78N16O10. The van der Waals surface area contributed by atoms with E-state index in [1.165, 1.54) is 12.5 Å². The lowest BCUT2D eigenvalue weighted by atomic mass is 9.98. The molecule has 2 aromatic carbocycles. The normalized spacial score (nSPS) is 20.5. The quantitative estimate of drug-likeness (QED) is 0.0249. The molecule has 1 fully saturated rings. The van der Waals surface area contributed by atoms with E-state index in [-0.39, 0.29) is 51.0 Å². The lowest BCUT2D eigenvalue weighted by Gasteiger charge is -2.30. The van der Waals surface area contributed by atoms with Gasteiger partial charge in [0.2, 0.25) is 59.1 Å². The zero-order chi connectivity index (χ0) is 59.2. The minimum absolute atomic E-state index is 0.0417. The second-order valence-corrected chi connectivity index (χ2v) is 20.7. The topological polar surface area (TPSA) is 414 Å². The van der Waals surface area contributed by atoms with E-state index in [0.717, 1.165) is 0 Å². The fourth-order valence-electron chi connectivity index (χ4n) is 9.09. The Morgan fingerprint density at radius 1 is 0.654 bits per heavy atom. The predicted molar refractivity (Wildman–Crippen MR) is 300 cm³/mol. The maximum Gasteiger partial charge on any atom is 0.243 e. The van der Waals surface area contributed by atoms with Crippen molar-refractivity contribution in [2.75, 3.05) is 13.1 Å². The van der Waals surface area contributed by atoms with E-state index < -0.39 is 139 Å². The molecule has 1 unspecified atom stereocenters. The molecule has 0 saturated carbocycles. The highest BCUT2D eigenvalue weighted by molar-refractivity contribution is 5.99. The molecule has 0 bridgehead atoms. The number of aromatic nitrogens is 3. The summed E-state index contributed by atoms with van der Waals surface area (Å²) < 4.78 is 0. The molecule has 1 aliphatic heterocycles. The van der Waals surface area contributed by atoms with E-state index in [1.807, 2.05) is 25.1 Å². The SMILES string of the molecule is CCCCC1NC(=O)CC[C@@H](C(=O)N[C@H](C(=O)N[C@H](C(=O)NCC(N)=O)C(C)C)C(C)C)NC(=O)[C@H](Cc2c[nH]c3ccccc23)NC(=O)[C@@H](CCCN=C(N)N)NC(=O)[C@H](Cc2ccccc2)NC(=O)[C@@H](Cc2cnc[nH]2)NC1=O. The lowest BCUT2D eigenvalue weighted by Crippen LogP contribution is -2.62. The number of aliphatic imine (C=N–C) groups is 1. The summed E-state index contributed by atoms with van der Waals surface area (Å²) >= 11 is 0. The van der Waals surface area contributed by atoms with Crippen molar-refractivity contribution >= 4 is 75.9 Å². The molecule has 1 aliphatic rings. The number of primary amides is 1. The van der Waals surface area contributed by atoms with Crippen molar-refractivity contribution in [2.24, 2.45) is 34.0 Å². The number of benzene rings is 2. The number of aromatic amines is 2. The third-order valence-corrected chi connectivity index (χ3v) is 13.6. The largest absolute Gasteiger partial charge is 0.370 e. The first-order chi connectivity index (χ1) is 38.6. The molecule has 10 amide bonds. The molecule has 81 heavy (non-hydrogen) atoms. The van der Waals surface area contributed by atoms with E-state index in [9.17, 15) is 47.9 Å². The van der Waals surface area contributed by atoms with Crippen molar-refractivity contribution in [3.63, 3.8) is 0 Å². The Kier molecular flexibility index (Phi) is 24.2. The van der Waals surface area contributed by atoms with Crippen molar-refractivity contribution < 1.29 is 47.9 Å². The van der Waals surface area contributed by atoms with Gasteiger partial charge in [-0.25, -0.2) is 4.98 Å². The Hall–Kier alpha value is -8.84. The van der Waals surface area contributed by atoms with Crippen molar-refractivity contribution in [1.82, 2.24) is 62.8 Å². The molecule has 2 aromatic heterocycles. The first-order valence-electron chi connectivity index (χ1n) is 27.2. The standard InChI is InChI=1S/C55H78N16O10/c1-6-7-17-37-47(74)69-42(25-34-27-59-29-63-34)52(79)67-40(23-32-14-9-8-10-15-32)50(77)65-38(19-13-22-60-55(57)58)48(75)68-41(24-33-26-61-36-18-12-11-16-35(33)36)51(78)66-39(20-21-44(73)64-37)49(76)70-46(31(4)5)54(81)71-45(30(2)3)53(80)62-28-43(56)72/h8-12,14-16,18,26-27,29-31,37-42,45-46,61H,6-7,13,17,19-25,28H2,1-5H3,(H2,56,72)(H,59,63)(H,62,80)(H,64,73)(H,65,77)(H,66,78)(H,67,79)(H,68,75)(H,69,74)(H,70,76)(H,71,81)(H4,57,58,60)/t37?,38-,39+,40+,41+,42-,45+,46+/m1/s1. The molecule has 8 atom stereocenters. The molecule has 26 nitrogen and oxygen atoms in total. The lowest BCUT2D eigenvalue weighted by molar-refractivity contribution is -0.137. The van der Waals surface area contributed by atoms with Gasteiger partial charge in [0.25, 0.3) is 0 Å². The molecule has 26 heteroatoms. The first kappa shape index (κ1) is 63.0. The number of fused-ring (bicyclic) bond motifs is 1. The summed E-state index contributed by atoms with van der Waals surface area (Å²) in [4.78, 5) is 155. The van der Waals surface area contributed by atoms with Crippen LogP contribution in [0.15, 0.2) is 78.3 Å². The highest BCUT2D eigenvalue weighted by Gasteiger charge is 2.37. The summed E-state index contributed by atoms with van der Waals surface area (Å²) in [6.45, 7) is 8.03. The van der Waals surface area contributed by atoms with E-state index in [1.54, 1.807) is 70.3 Å². The third kappa shape index (κ3) is 19.8. The number of nitrogens with zero attached hydrogens (tertiary/aromatic N) is 2. The number of hydrogen-bond acceptors (Lipinski definition) is 12. The third-order valence-electron chi connectivity index (χ3n) is 13.6. The van der Waals surface area contributed by atoms with Gasteiger partial charge in [-0.15, -0.1) is 0 Å². The van der Waals surface area contributed by atoms with Gasteiger partial charge in [0.1, 0.15) is 48.3 Å². The van der Waals surface area contributed by atoms with Crippen LogP contribution in [0.4, 0.5) is 0 Å². The van der Waals surface area contributed by atoms with Crippen LogP contribution in [-0.4, -0.2) is 141 Å². The van der Waals surface area contributed by atoms with Crippen LogP contribution in [0.2, 0.25) is 0 Å². The first-order valence-corrected chi connectivity index (χ1v) is 27.2. The van der Waals surface area contributed by atoms with Gasteiger partial charge >= 0.3 is 0 Å². The van der Waals surface area contributed by atoms with Crippen LogP contribution in [-0.2, 0) is 67.2 Å². The van der Waals surface area contributed by atoms with Crippen LogP contribution in [0.25, 0.3) is 10.9 Å². The molecular weight excluding hydrogens is 1040 g/mol. The predicted octanol–water partition coefficient (Wildman–Crippen LogP) is -1.25. The van der Waals surface area contributed by atoms with Gasteiger partial charge in [0.05, 0.1) is 12.9 Å². The fourth-order valence-corrected chi connectivity index (χ4v) is 9.09. The van der Waals surface area contributed by atoms with Crippen molar-refractivity contribution in [3.05, 3.63) is 90.1 Å². The Morgan fingerprint density at radius 3 is 1.84 bits per heavy atom. The summed E-state index contributed by atoms with van der Waals surface area (Å²) in [5.41, 5.74) is 18.9. The zero-order valence-electron chi connectivity index (χ0n) is 46.4. The average molecular weight is 1120 g/mol. The van der Waals surface area contributed by atoms with Gasteiger partial charge in [-0.3, -0.25) is 52.9 Å². The minimum Gasteiger partial charge on any atom is -0.370 e. The molecule has 5 rings (SSSR count). The van der Waals surface area contributed by atoms with Crippen LogP contribution in [0.1, 0.15) is 96.4 Å². The number of carbonyl (C=O) groups excluding carboxylic acids is 10. The van der Waals surface area contributed by atoms with E-state index in [2.05, 4.69) is 67.8 Å². The highest BCUT2D eigenvalue weighted by Crippen LogP contribution is 2.20. The summed E-state index contributed by atoms with van der Waals surface area (Å²) in [6.07, 6.45) is 4.58. The molecule has 0 radical (unpaired) electrons.